The van der Waals surface area contributed by atoms with Crippen molar-refractivity contribution in [1.82, 2.24) is 4.98 Å². The number of rotatable bonds is 7. The van der Waals surface area contributed by atoms with Crippen molar-refractivity contribution in [2.45, 2.75) is 63.9 Å². The largest absolute Gasteiger partial charge is 0.542 e. The van der Waals surface area contributed by atoms with E-state index in [4.69, 9.17) is 18.6 Å². The number of methoxy groups -OCH3 is 3. The van der Waals surface area contributed by atoms with E-state index in [0.29, 0.717) is 46.1 Å². The fourth-order valence-corrected chi connectivity index (χ4v) is 7.13. The molecule has 11 heteroatoms. The molecule has 9 nitrogen and oxygen atoms in total. The van der Waals surface area contributed by atoms with Gasteiger partial charge in [-0.05, 0) is 42.8 Å². The van der Waals surface area contributed by atoms with Gasteiger partial charge in [-0.25, -0.2) is 0 Å². The maximum absolute atomic E-state index is 14.2. The van der Waals surface area contributed by atoms with Gasteiger partial charge < -0.3 is 38.9 Å². The van der Waals surface area contributed by atoms with Crippen LogP contribution in [0.2, 0.25) is 18.1 Å². The minimum atomic E-state index is -2.23. The molecule has 2 aliphatic heterocycles. The van der Waals surface area contributed by atoms with Crippen LogP contribution in [0.25, 0.3) is 10.9 Å². The normalized spacial score (nSPS) is 20.1. The first kappa shape index (κ1) is 29.6. The summed E-state index contributed by atoms with van der Waals surface area (Å²) in [5, 5.41) is 16.2. The molecule has 5 rings (SSSR count). The van der Waals surface area contributed by atoms with E-state index in [2.05, 4.69) is 60.1 Å². The van der Waals surface area contributed by atoms with Crippen molar-refractivity contribution >= 4 is 52.4 Å². The van der Waals surface area contributed by atoms with E-state index in [9.17, 15) is 9.90 Å². The number of hydrogen-bond acceptors (Lipinski definition) is 7. The third-order valence-electron chi connectivity index (χ3n) is 8.85. The van der Waals surface area contributed by atoms with Gasteiger partial charge in [-0.3, -0.25) is 4.79 Å². The first-order chi connectivity index (χ1) is 19.3. The van der Waals surface area contributed by atoms with Crippen LogP contribution in [0.15, 0.2) is 18.2 Å². The third-order valence-corrected chi connectivity index (χ3v) is 14.0. The van der Waals surface area contributed by atoms with Gasteiger partial charge in [-0.2, -0.15) is 0 Å². The summed E-state index contributed by atoms with van der Waals surface area (Å²) in [4.78, 5) is 19.3. The van der Waals surface area contributed by atoms with Gasteiger partial charge in [-0.15, -0.1) is 0 Å². The molecule has 3 atom stereocenters. The second-order valence-corrected chi connectivity index (χ2v) is 17.8. The van der Waals surface area contributed by atoms with E-state index in [1.807, 2.05) is 25.1 Å². The summed E-state index contributed by atoms with van der Waals surface area (Å²) >= 11 is 3.68. The number of benzene rings is 2. The number of halogens is 1. The smallest absolute Gasteiger partial charge is 0.274 e. The molecule has 0 saturated carbocycles. The van der Waals surface area contributed by atoms with Gasteiger partial charge in [0, 0.05) is 34.8 Å². The van der Waals surface area contributed by atoms with Crippen LogP contribution in [-0.2, 0) is 0 Å². The summed E-state index contributed by atoms with van der Waals surface area (Å²) in [5.74, 6) is 1.94. The van der Waals surface area contributed by atoms with E-state index in [-0.39, 0.29) is 22.9 Å². The van der Waals surface area contributed by atoms with Crippen LogP contribution in [0.5, 0.6) is 23.0 Å². The van der Waals surface area contributed by atoms with Crippen LogP contribution in [0, 0.1) is 0 Å². The molecule has 0 radical (unpaired) electrons. The molecule has 222 valence electrons. The first-order valence-corrected chi connectivity index (χ1v) is 17.8. The van der Waals surface area contributed by atoms with Crippen LogP contribution in [0.1, 0.15) is 61.3 Å². The summed E-state index contributed by atoms with van der Waals surface area (Å²) in [6.45, 7) is 13.4. The Morgan fingerprint density at radius 3 is 2.34 bits per heavy atom. The lowest BCUT2D eigenvalue weighted by molar-refractivity contribution is 0.0984. The summed E-state index contributed by atoms with van der Waals surface area (Å²) in [5.41, 5.74) is 4.47. The van der Waals surface area contributed by atoms with Crippen molar-refractivity contribution in [2.24, 2.45) is 0 Å². The molecular weight excluding hydrogens is 606 g/mol. The number of carbonyl (C=O) groups excluding carboxylic acids is 1. The number of aromatic amines is 1. The maximum atomic E-state index is 14.2. The van der Waals surface area contributed by atoms with Crippen LogP contribution in [-0.4, -0.2) is 63.6 Å². The Hall–Kier alpha value is -2.89. The zero-order valence-electron chi connectivity index (χ0n) is 25.2. The van der Waals surface area contributed by atoms with Crippen molar-refractivity contribution in [2.75, 3.05) is 43.4 Å². The highest BCUT2D eigenvalue weighted by molar-refractivity contribution is 9.09. The number of amides is 1. The third kappa shape index (κ3) is 4.66. The molecule has 3 aromatic rings. The highest BCUT2D eigenvalue weighted by Gasteiger charge is 2.45. The molecule has 0 saturated heterocycles. The lowest BCUT2D eigenvalue weighted by Gasteiger charge is -2.37. The fraction of sp³-hybridized carbons (Fsp3) is 0.500. The highest BCUT2D eigenvalue weighted by atomic mass is 79.9. The van der Waals surface area contributed by atoms with E-state index in [0.717, 1.165) is 27.9 Å². The van der Waals surface area contributed by atoms with Crippen molar-refractivity contribution in [3.8, 4) is 23.0 Å². The molecule has 1 amide bonds. The van der Waals surface area contributed by atoms with E-state index in [1.165, 1.54) is 0 Å². The lowest BCUT2D eigenvalue weighted by Crippen LogP contribution is -2.44. The number of carbonyl (C=O) groups is 1. The monoisotopic (exact) mass is 645 g/mol. The molecule has 41 heavy (non-hydrogen) atoms. The number of hydrogen-bond donors (Lipinski definition) is 3. The quantitative estimate of drug-likeness (QED) is 0.197. The highest BCUT2D eigenvalue weighted by Crippen LogP contribution is 2.54. The van der Waals surface area contributed by atoms with Gasteiger partial charge in [0.15, 0.2) is 11.5 Å². The van der Waals surface area contributed by atoms with Crippen LogP contribution >= 0.6 is 15.9 Å². The number of aliphatic hydroxyl groups excluding tert-OH is 1. The molecule has 1 aromatic heterocycles. The summed E-state index contributed by atoms with van der Waals surface area (Å²) in [7, 11) is 2.44. The average molecular weight is 647 g/mol. The Labute approximate surface area is 250 Å². The molecule has 0 bridgehead atoms. The number of nitrogens with zero attached hydrogens (tertiary/aromatic N) is 1. The SMILES string of the molecule is COc1cc2cc(C(=O)N3C[C@@H](CBr)c4c3cc(O[Si](C)(C)C(C)(C)C)c3c4C(O)[C@@H](C)N3)[nH]c2c(OC)c1OC. The van der Waals surface area contributed by atoms with Gasteiger partial charge in [0.1, 0.15) is 17.5 Å². The van der Waals surface area contributed by atoms with Crippen LogP contribution < -0.4 is 28.9 Å². The Morgan fingerprint density at radius 1 is 1.07 bits per heavy atom. The van der Waals surface area contributed by atoms with Gasteiger partial charge in [0.25, 0.3) is 14.2 Å². The van der Waals surface area contributed by atoms with Crippen LogP contribution in [0.3, 0.4) is 0 Å². The predicted molar refractivity (Wildman–Crippen MR) is 168 cm³/mol. The van der Waals surface area contributed by atoms with Crippen molar-refractivity contribution < 1.29 is 28.5 Å². The van der Waals surface area contributed by atoms with Crippen molar-refractivity contribution in [3.63, 3.8) is 0 Å². The predicted octanol–water partition coefficient (Wildman–Crippen LogP) is 6.56. The number of ether oxygens (including phenoxy) is 3. The van der Waals surface area contributed by atoms with Crippen molar-refractivity contribution in [3.05, 3.63) is 35.0 Å². The van der Waals surface area contributed by atoms with Gasteiger partial charge >= 0.3 is 0 Å². The number of aliphatic hydroxyl groups is 1. The molecule has 2 aromatic carbocycles. The molecule has 1 unspecified atom stereocenters. The fourth-order valence-electron chi connectivity index (χ4n) is 5.59. The molecule has 3 N–H and O–H groups in total. The summed E-state index contributed by atoms with van der Waals surface area (Å²) < 4.78 is 23.5. The van der Waals surface area contributed by atoms with E-state index >= 15 is 0 Å². The minimum Gasteiger partial charge on any atom is -0.542 e. The average Bonchev–Trinajstić information content (AvgIpc) is 3.59. The van der Waals surface area contributed by atoms with Gasteiger partial charge in [0.2, 0.25) is 5.75 Å². The maximum Gasteiger partial charge on any atom is 0.274 e. The van der Waals surface area contributed by atoms with Gasteiger partial charge in [0.05, 0.1) is 44.3 Å². The van der Waals surface area contributed by atoms with Crippen LogP contribution in [0.4, 0.5) is 11.4 Å². The molecule has 0 spiro atoms. The summed E-state index contributed by atoms with van der Waals surface area (Å²) in [6.07, 6.45) is -0.712. The molecule has 2 aliphatic rings. The number of aromatic nitrogens is 1. The molecular formula is C30H40BrN3O6Si. The second kappa shape index (κ2) is 10.4. The number of anilines is 2. The Bertz CT molecular complexity index is 1510. The lowest BCUT2D eigenvalue weighted by atomic mass is 9.92. The zero-order chi connectivity index (χ0) is 30.0. The summed E-state index contributed by atoms with van der Waals surface area (Å²) in [6, 6.07) is 5.44. The Morgan fingerprint density at radius 2 is 1.76 bits per heavy atom. The van der Waals surface area contributed by atoms with Crippen molar-refractivity contribution in [1.29, 1.82) is 0 Å². The molecule has 3 heterocycles. The number of alkyl halides is 1. The Kier molecular flexibility index (Phi) is 7.53. The van der Waals surface area contributed by atoms with E-state index < -0.39 is 14.4 Å². The number of H-pyrrole nitrogens is 1. The standard InChI is InChI=1S/C30H40BrN3O6Si/c1-15-26(35)23-22-17(13-31)14-34(19(22)12-20(25(23)32-15)40-41(8,9)30(2,3)4)29(36)18-10-16-11-21(37-5)27(38-6)28(39-7)24(16)33-18/h10-12,15,17,26,32-33,35H,13-14H2,1-9H3/t15-,17-,26?/m1/s1. The first-order valence-electron chi connectivity index (χ1n) is 13.8. The Balaban J connectivity index is 1.65. The molecule has 0 aliphatic carbocycles. The van der Waals surface area contributed by atoms with E-state index in [1.54, 1.807) is 26.2 Å². The molecule has 0 fully saturated rings. The van der Waals surface area contributed by atoms with Gasteiger partial charge in [-0.1, -0.05) is 36.7 Å². The zero-order valence-corrected chi connectivity index (χ0v) is 27.8. The minimum absolute atomic E-state index is 0.00507. The number of fused-ring (bicyclic) bond motifs is 4. The second-order valence-electron chi connectivity index (χ2n) is 12.4. The number of nitrogens with one attached hydrogen (secondary N) is 2. The topological polar surface area (TPSA) is 105 Å².